The largest absolute Gasteiger partial charge is 0.311 e. The molecule has 7 heteroatoms. The van der Waals surface area contributed by atoms with Gasteiger partial charge in [-0.15, -0.1) is 0 Å². The number of aromatic nitrogens is 3. The molecular weight excluding hydrogens is 1130 g/mol. The lowest BCUT2D eigenvalue weighted by molar-refractivity contribution is 0.590. The number of anilines is 9. The van der Waals surface area contributed by atoms with Crippen LogP contribution < -0.4 is 31.1 Å². The summed E-state index contributed by atoms with van der Waals surface area (Å²) < 4.78 is 7.69. The highest BCUT2D eigenvalue weighted by atomic mass is 15.2. The molecule has 16 aromatic rings. The number of rotatable bonds is 8. The molecule has 18 rings (SSSR count). The third-order valence-electron chi connectivity index (χ3n) is 19.9. The fourth-order valence-electron chi connectivity index (χ4n) is 15.7. The van der Waals surface area contributed by atoms with Crippen molar-refractivity contribution in [1.82, 2.24) is 13.7 Å². The Morgan fingerprint density at radius 1 is 0.280 bits per heavy atom. The smallest absolute Gasteiger partial charge is 0.252 e. The van der Waals surface area contributed by atoms with Gasteiger partial charge in [-0.25, -0.2) is 0 Å². The Bertz CT molecular complexity index is 5510. The van der Waals surface area contributed by atoms with E-state index in [0.29, 0.717) is 0 Å². The van der Waals surface area contributed by atoms with Crippen molar-refractivity contribution in [3.05, 3.63) is 308 Å². The molecule has 0 spiro atoms. The van der Waals surface area contributed by atoms with Gasteiger partial charge in [-0.2, -0.15) is 0 Å². The van der Waals surface area contributed by atoms with Crippen LogP contribution >= 0.6 is 0 Å². The fourth-order valence-corrected chi connectivity index (χ4v) is 15.7. The van der Waals surface area contributed by atoms with Crippen LogP contribution in [0.15, 0.2) is 297 Å². The zero-order valence-corrected chi connectivity index (χ0v) is 53.1. The molecule has 0 atom stereocenters. The number of hydrogen-bond acceptors (Lipinski definition) is 3. The van der Waals surface area contributed by atoms with Crippen LogP contribution in [-0.2, 0) is 10.8 Å². The minimum Gasteiger partial charge on any atom is -0.311 e. The molecule has 2 aliphatic rings. The topological polar surface area (TPSA) is 24.5 Å². The molecule has 0 N–H and O–H groups in total. The van der Waals surface area contributed by atoms with E-state index in [1.807, 2.05) is 0 Å². The summed E-state index contributed by atoms with van der Waals surface area (Å²) in [5.41, 5.74) is 26.9. The van der Waals surface area contributed by atoms with Gasteiger partial charge in [0.15, 0.2) is 0 Å². The molecule has 2 aliphatic heterocycles. The molecular formula is C86H67BN6. The second-order valence-corrected chi connectivity index (χ2v) is 27.3. The SMILES string of the molecule is CC(C)(C)c1ccc(N(c2ccc(C(C)(C)C)cc2)c2ccc3c(c2)N(c2ccccc2)c2cccc4c2B3c2cc(-n3c5ccccc5c5c6c(c7ccccc7n6-c6ccccc6)c6c(c7ccccc7n6-c6ccccc6)c53)ccc2N4c2ccccc2)cc1. The van der Waals surface area contributed by atoms with Crippen LogP contribution in [0.2, 0.25) is 0 Å². The van der Waals surface area contributed by atoms with Gasteiger partial charge in [0.2, 0.25) is 0 Å². The summed E-state index contributed by atoms with van der Waals surface area (Å²) >= 11 is 0. The predicted molar refractivity (Wildman–Crippen MR) is 396 cm³/mol. The summed E-state index contributed by atoms with van der Waals surface area (Å²) in [6.45, 7) is 13.6. The van der Waals surface area contributed by atoms with Crippen molar-refractivity contribution in [3.63, 3.8) is 0 Å². The van der Waals surface area contributed by atoms with E-state index >= 15 is 0 Å². The quantitative estimate of drug-likeness (QED) is 0.142. The first kappa shape index (κ1) is 54.6. The fraction of sp³-hybridized carbons (Fsp3) is 0.0930. The maximum atomic E-state index is 2.62. The van der Waals surface area contributed by atoms with Gasteiger partial charge in [-0.05, 0) is 172 Å². The summed E-state index contributed by atoms with van der Waals surface area (Å²) in [5.74, 6) is 0. The normalized spacial score (nSPS) is 13.0. The van der Waals surface area contributed by atoms with Crippen molar-refractivity contribution < 1.29 is 0 Å². The van der Waals surface area contributed by atoms with Crippen LogP contribution in [0.4, 0.5) is 51.2 Å². The lowest BCUT2D eigenvalue weighted by Crippen LogP contribution is -2.61. The first-order chi connectivity index (χ1) is 45.5. The first-order valence-corrected chi connectivity index (χ1v) is 32.6. The van der Waals surface area contributed by atoms with E-state index < -0.39 is 0 Å². The van der Waals surface area contributed by atoms with Gasteiger partial charge in [0.25, 0.3) is 6.71 Å². The molecule has 6 nitrogen and oxygen atoms in total. The summed E-state index contributed by atoms with van der Waals surface area (Å²) in [4.78, 5) is 7.49. The molecule has 0 unspecified atom stereocenters. The molecule has 444 valence electrons. The average Bonchev–Trinajstić information content (AvgIpc) is 1.58. The van der Waals surface area contributed by atoms with Crippen molar-refractivity contribution in [2.75, 3.05) is 14.7 Å². The van der Waals surface area contributed by atoms with Crippen LogP contribution in [-0.4, -0.2) is 20.4 Å². The van der Waals surface area contributed by atoms with Crippen LogP contribution in [0.3, 0.4) is 0 Å². The Kier molecular flexibility index (Phi) is 12.1. The van der Waals surface area contributed by atoms with Crippen LogP contribution in [0.25, 0.3) is 82.5 Å². The number of para-hydroxylation sites is 7. The van der Waals surface area contributed by atoms with Gasteiger partial charge in [0.05, 0.1) is 33.1 Å². The van der Waals surface area contributed by atoms with E-state index in [4.69, 9.17) is 0 Å². The maximum absolute atomic E-state index is 2.62. The number of benzene rings is 13. The third kappa shape index (κ3) is 8.29. The molecule has 0 saturated heterocycles. The molecule has 0 bridgehead atoms. The molecule has 0 saturated carbocycles. The molecule has 0 fully saturated rings. The van der Waals surface area contributed by atoms with Crippen molar-refractivity contribution in [3.8, 4) is 17.1 Å². The second kappa shape index (κ2) is 20.6. The molecule has 0 aliphatic carbocycles. The zero-order valence-electron chi connectivity index (χ0n) is 53.1. The Morgan fingerprint density at radius 2 is 0.656 bits per heavy atom. The predicted octanol–water partition coefficient (Wildman–Crippen LogP) is 21.1. The number of nitrogens with zero attached hydrogens (tertiary/aromatic N) is 6. The van der Waals surface area contributed by atoms with Gasteiger partial charge in [-0.1, -0.05) is 205 Å². The maximum Gasteiger partial charge on any atom is 0.252 e. The highest BCUT2D eigenvalue weighted by Crippen LogP contribution is 2.52. The minimum absolute atomic E-state index is 0.00493. The van der Waals surface area contributed by atoms with E-state index in [1.54, 1.807) is 0 Å². The van der Waals surface area contributed by atoms with E-state index in [1.165, 1.54) is 87.6 Å². The molecule has 0 radical (unpaired) electrons. The minimum atomic E-state index is -0.166. The van der Waals surface area contributed by atoms with Gasteiger partial charge in [0, 0.05) is 101 Å². The standard InChI is InChI=1S/C86H67BN6/c1-85(2,3)56-42-46-62(47-43-56)88(63-48-44-57(45-49-63)86(4,5)6)65-50-52-69-77(55-65)90(59-28-13-8-14-29-59)76-41-25-40-75-81(76)87(69)70-54-64(51-53-74(70)89(75)58-26-11-7-12-27-58)93-73-39-24-21-36-68(73)80-83-78(66-34-19-22-37-71(66)91(83)60-30-15-9-16-31-60)82-79(84(80)93)67-35-20-23-38-72(67)92(82)61-32-17-10-18-33-61/h7-55H,1-6H3. The average molecular weight is 1200 g/mol. The number of fused-ring (bicyclic) bond motifs is 16. The molecule has 5 heterocycles. The molecule has 3 aromatic heterocycles. The van der Waals surface area contributed by atoms with Crippen molar-refractivity contribution in [2.45, 2.75) is 52.4 Å². The first-order valence-electron chi connectivity index (χ1n) is 32.6. The Labute approximate surface area is 542 Å². The summed E-state index contributed by atoms with van der Waals surface area (Å²) in [6, 6.07) is 111. The molecule has 93 heavy (non-hydrogen) atoms. The van der Waals surface area contributed by atoms with E-state index in [2.05, 4.69) is 367 Å². The second-order valence-electron chi connectivity index (χ2n) is 27.3. The van der Waals surface area contributed by atoms with E-state index in [0.717, 1.165) is 73.6 Å². The zero-order chi connectivity index (χ0) is 62.4. The lowest BCUT2D eigenvalue weighted by atomic mass is 9.33. The van der Waals surface area contributed by atoms with Crippen LogP contribution in [0, 0.1) is 0 Å². The highest BCUT2D eigenvalue weighted by molar-refractivity contribution is 7.00. The van der Waals surface area contributed by atoms with Crippen molar-refractivity contribution in [2.24, 2.45) is 0 Å². The van der Waals surface area contributed by atoms with Gasteiger partial charge in [0.1, 0.15) is 0 Å². The van der Waals surface area contributed by atoms with Crippen LogP contribution in [0.1, 0.15) is 52.7 Å². The van der Waals surface area contributed by atoms with E-state index in [9.17, 15) is 0 Å². The summed E-state index contributed by atoms with van der Waals surface area (Å²) in [6.07, 6.45) is 0. The summed E-state index contributed by atoms with van der Waals surface area (Å²) in [7, 11) is 0. The van der Waals surface area contributed by atoms with Crippen LogP contribution in [0.5, 0.6) is 0 Å². The molecule has 0 amide bonds. The number of hydrogen-bond donors (Lipinski definition) is 0. The van der Waals surface area contributed by atoms with E-state index in [-0.39, 0.29) is 17.5 Å². The van der Waals surface area contributed by atoms with Gasteiger partial charge >= 0.3 is 0 Å². The van der Waals surface area contributed by atoms with Gasteiger partial charge < -0.3 is 28.4 Å². The Hall–Kier alpha value is -11.3. The van der Waals surface area contributed by atoms with Gasteiger partial charge in [-0.3, -0.25) is 0 Å². The highest BCUT2D eigenvalue weighted by Gasteiger charge is 2.44. The lowest BCUT2D eigenvalue weighted by Gasteiger charge is -2.44. The summed E-state index contributed by atoms with van der Waals surface area (Å²) in [5, 5.41) is 7.30. The monoisotopic (exact) mass is 1190 g/mol. The third-order valence-corrected chi connectivity index (χ3v) is 19.9. The Balaban J connectivity index is 0.948. The van der Waals surface area contributed by atoms with Crippen molar-refractivity contribution >= 4 is 140 Å². The Morgan fingerprint density at radius 3 is 1.09 bits per heavy atom. The van der Waals surface area contributed by atoms with Crippen molar-refractivity contribution in [1.29, 1.82) is 0 Å². The molecule has 13 aromatic carbocycles.